The van der Waals surface area contributed by atoms with Gasteiger partial charge in [-0.2, -0.15) is 0 Å². The Morgan fingerprint density at radius 2 is 1.69 bits per heavy atom. The van der Waals surface area contributed by atoms with Crippen LogP contribution in [0.5, 0.6) is 0 Å². The quantitative estimate of drug-likeness (QED) is 0.650. The Labute approximate surface area is 154 Å². The molecule has 0 aliphatic rings. The smallest absolute Gasteiger partial charge is 0.207 e. The second-order valence-corrected chi connectivity index (χ2v) is 7.93. The minimum atomic E-state index is -3.67. The lowest BCUT2D eigenvalue weighted by Gasteiger charge is -2.12. The van der Waals surface area contributed by atoms with Crippen molar-refractivity contribution in [2.75, 3.05) is 7.11 Å². The van der Waals surface area contributed by atoms with E-state index in [1.807, 2.05) is 60.2 Å². The van der Waals surface area contributed by atoms with Gasteiger partial charge in [-0.15, -0.1) is 0 Å². The summed E-state index contributed by atoms with van der Waals surface area (Å²) in [6, 6.07) is 19.8. The van der Waals surface area contributed by atoms with Gasteiger partial charge in [-0.05, 0) is 42.8 Å². The van der Waals surface area contributed by atoms with Gasteiger partial charge in [-0.25, -0.2) is 8.42 Å². The maximum absolute atomic E-state index is 13.3. The third-order valence-electron chi connectivity index (χ3n) is 4.09. The van der Waals surface area contributed by atoms with Crippen molar-refractivity contribution in [2.24, 2.45) is 0 Å². The van der Waals surface area contributed by atoms with Crippen molar-refractivity contribution in [2.45, 2.75) is 18.6 Å². The zero-order chi connectivity index (χ0) is 18.6. The van der Waals surface area contributed by atoms with Crippen LogP contribution in [0.2, 0.25) is 0 Å². The molecule has 0 saturated carbocycles. The third-order valence-corrected chi connectivity index (χ3v) is 5.92. The Bertz CT molecular complexity index is 1000. The molecule has 0 radical (unpaired) electrons. The second kappa shape index (κ2) is 7.72. The molecule has 0 atom stereocenters. The van der Waals surface area contributed by atoms with Crippen LogP contribution in [0.4, 0.5) is 0 Å². The summed E-state index contributed by atoms with van der Waals surface area (Å²) >= 11 is 0. The van der Waals surface area contributed by atoms with E-state index in [-0.39, 0.29) is 9.80 Å². The molecule has 0 unspecified atom stereocenters. The van der Waals surface area contributed by atoms with Crippen molar-refractivity contribution in [3.8, 4) is 0 Å². The minimum Gasteiger partial charge on any atom is -0.364 e. The molecule has 0 fully saturated rings. The Kier molecular flexibility index (Phi) is 5.40. The van der Waals surface area contributed by atoms with Crippen molar-refractivity contribution in [3.05, 3.63) is 89.7 Å². The molecule has 3 aromatic rings. The predicted molar refractivity (Wildman–Crippen MR) is 104 cm³/mol. The number of aryl methyl sites for hydroxylation is 1. The third kappa shape index (κ3) is 3.79. The van der Waals surface area contributed by atoms with Crippen molar-refractivity contribution in [3.63, 3.8) is 0 Å². The molecule has 0 saturated heterocycles. The van der Waals surface area contributed by atoms with Gasteiger partial charge in [0, 0.05) is 19.0 Å². The lowest BCUT2D eigenvalue weighted by atomic mass is 10.2. The molecule has 1 aromatic heterocycles. The summed E-state index contributed by atoms with van der Waals surface area (Å²) in [5.74, 6) is 0. The van der Waals surface area contributed by atoms with Crippen LogP contribution in [0.15, 0.2) is 77.8 Å². The van der Waals surface area contributed by atoms with Crippen LogP contribution < -0.4 is 0 Å². The molecule has 0 aliphatic heterocycles. The molecular formula is C21H21NO3S. The first-order chi connectivity index (χ1) is 12.5. The molecule has 0 aliphatic carbocycles. The van der Waals surface area contributed by atoms with Gasteiger partial charge in [0.25, 0.3) is 0 Å². The first-order valence-electron chi connectivity index (χ1n) is 8.25. The summed E-state index contributed by atoms with van der Waals surface area (Å²) < 4.78 is 33.7. The molecule has 2 aromatic carbocycles. The first-order valence-corrected chi connectivity index (χ1v) is 9.73. The van der Waals surface area contributed by atoms with Crippen molar-refractivity contribution < 1.29 is 13.2 Å². The van der Waals surface area contributed by atoms with Gasteiger partial charge >= 0.3 is 0 Å². The van der Waals surface area contributed by atoms with E-state index in [0.717, 1.165) is 11.3 Å². The van der Waals surface area contributed by atoms with E-state index in [2.05, 4.69) is 0 Å². The Morgan fingerprint density at radius 3 is 2.35 bits per heavy atom. The van der Waals surface area contributed by atoms with E-state index in [9.17, 15) is 8.42 Å². The van der Waals surface area contributed by atoms with E-state index < -0.39 is 9.84 Å². The Morgan fingerprint density at radius 1 is 1.00 bits per heavy atom. The number of nitrogens with zero attached hydrogens (tertiary/aromatic N) is 1. The lowest BCUT2D eigenvalue weighted by Crippen LogP contribution is -2.06. The minimum absolute atomic E-state index is 0.262. The van der Waals surface area contributed by atoms with Crippen molar-refractivity contribution >= 4 is 20.8 Å². The summed E-state index contributed by atoms with van der Waals surface area (Å²) in [4.78, 5) is 0.543. The highest BCUT2D eigenvalue weighted by atomic mass is 32.2. The Hall–Kier alpha value is -2.63. The zero-order valence-electron chi connectivity index (χ0n) is 14.8. The van der Waals surface area contributed by atoms with Crippen LogP contribution >= 0.6 is 0 Å². The van der Waals surface area contributed by atoms with Crippen LogP contribution in [0.25, 0.3) is 11.0 Å². The normalized spacial score (nSPS) is 12.3. The number of benzene rings is 2. The van der Waals surface area contributed by atoms with Crippen molar-refractivity contribution in [1.29, 1.82) is 0 Å². The van der Waals surface area contributed by atoms with E-state index in [1.54, 1.807) is 37.5 Å². The van der Waals surface area contributed by atoms with Gasteiger partial charge in [-0.1, -0.05) is 48.0 Å². The van der Waals surface area contributed by atoms with Gasteiger partial charge in [0.05, 0.1) is 9.80 Å². The average molecular weight is 367 g/mol. The lowest BCUT2D eigenvalue weighted by molar-refractivity contribution is 0.131. The first kappa shape index (κ1) is 18.2. The van der Waals surface area contributed by atoms with Gasteiger partial charge in [0.15, 0.2) is 0 Å². The summed E-state index contributed by atoms with van der Waals surface area (Å²) in [5.41, 5.74) is 2.43. The molecule has 134 valence electrons. The maximum atomic E-state index is 13.3. The number of aromatic nitrogens is 1. The number of hydrogen-bond acceptors (Lipinski definition) is 3. The van der Waals surface area contributed by atoms with Crippen LogP contribution in [-0.2, 0) is 21.3 Å². The molecule has 5 heteroatoms. The highest BCUT2D eigenvalue weighted by Gasteiger charge is 2.22. The largest absolute Gasteiger partial charge is 0.364 e. The summed E-state index contributed by atoms with van der Waals surface area (Å²) in [5, 5.41) is 0. The topological polar surface area (TPSA) is 48.3 Å². The number of rotatable bonds is 6. The van der Waals surface area contributed by atoms with E-state index in [1.165, 1.54) is 0 Å². The molecule has 3 rings (SSSR count). The monoisotopic (exact) mass is 367 g/mol. The number of methoxy groups -OCH3 is 1. The van der Waals surface area contributed by atoms with Crippen LogP contribution in [0, 0.1) is 6.92 Å². The molecule has 0 bridgehead atoms. The summed E-state index contributed by atoms with van der Waals surface area (Å²) in [6.07, 6.45) is 3.56. The fourth-order valence-corrected chi connectivity index (χ4v) is 4.18. The molecule has 4 nitrogen and oxygen atoms in total. The second-order valence-electron chi connectivity index (χ2n) is 6.01. The van der Waals surface area contributed by atoms with Gasteiger partial charge < -0.3 is 9.30 Å². The molecule has 0 spiro atoms. The summed E-state index contributed by atoms with van der Waals surface area (Å²) in [7, 11) is -2.07. The Balaban J connectivity index is 2.17. The molecule has 1 heterocycles. The zero-order valence-corrected chi connectivity index (χ0v) is 15.6. The molecule has 0 N–H and O–H groups in total. The number of hydrogen-bond donors (Lipinski definition) is 0. The van der Waals surface area contributed by atoms with E-state index in [4.69, 9.17) is 4.74 Å². The predicted octanol–water partition coefficient (Wildman–Crippen LogP) is 4.37. The van der Waals surface area contributed by atoms with Gasteiger partial charge in [0.1, 0.15) is 6.73 Å². The van der Waals surface area contributed by atoms with Crippen molar-refractivity contribution in [1.82, 2.24) is 4.57 Å². The standard InChI is InChI=1S/C21H21NO3S/c1-17-10-12-20(13-11-17)26(23,24)21(18-7-4-3-5-8-18)15-19-9-6-14-22(19)16-25-2/h3-15H,16H2,1-2H3/b21-15+. The molecule has 0 amide bonds. The number of sulfone groups is 1. The van der Waals surface area contributed by atoms with Crippen LogP contribution in [0.3, 0.4) is 0 Å². The molecule has 26 heavy (non-hydrogen) atoms. The maximum Gasteiger partial charge on any atom is 0.207 e. The van der Waals surface area contributed by atoms with Crippen LogP contribution in [-0.4, -0.2) is 20.1 Å². The fourth-order valence-electron chi connectivity index (χ4n) is 2.71. The highest BCUT2D eigenvalue weighted by Crippen LogP contribution is 2.30. The SMILES string of the molecule is COCn1cccc1/C=C(\c1ccccc1)S(=O)(=O)c1ccc(C)cc1. The molecular weight excluding hydrogens is 346 g/mol. The highest BCUT2D eigenvalue weighted by molar-refractivity contribution is 8.00. The summed E-state index contributed by atoms with van der Waals surface area (Å²) in [6.45, 7) is 2.29. The van der Waals surface area contributed by atoms with E-state index >= 15 is 0 Å². The fraction of sp³-hybridized carbons (Fsp3) is 0.143. The van der Waals surface area contributed by atoms with E-state index in [0.29, 0.717) is 12.3 Å². The van der Waals surface area contributed by atoms with Gasteiger partial charge in [-0.3, -0.25) is 0 Å². The average Bonchev–Trinajstić information content (AvgIpc) is 3.08. The van der Waals surface area contributed by atoms with Gasteiger partial charge in [0.2, 0.25) is 9.84 Å². The van der Waals surface area contributed by atoms with Crippen LogP contribution in [0.1, 0.15) is 16.8 Å². The number of ether oxygens (including phenoxy) is 1.